The van der Waals surface area contributed by atoms with E-state index in [9.17, 15) is 9.18 Å². The monoisotopic (exact) mass is 399 g/mol. The van der Waals surface area contributed by atoms with Crippen molar-refractivity contribution in [2.45, 2.75) is 32.6 Å². The number of hydrogen-bond donors (Lipinski definition) is 1. The van der Waals surface area contributed by atoms with E-state index in [1.54, 1.807) is 17.0 Å². The number of carbonyl (C=O) groups excluding carboxylic acids is 1. The summed E-state index contributed by atoms with van der Waals surface area (Å²) in [7, 11) is 0. The molecular formula is C22H23ClFN3O. The van der Waals surface area contributed by atoms with Crippen molar-refractivity contribution in [2.75, 3.05) is 11.4 Å². The van der Waals surface area contributed by atoms with Crippen molar-refractivity contribution in [3.63, 3.8) is 0 Å². The highest BCUT2D eigenvalue weighted by molar-refractivity contribution is 6.30. The number of anilines is 1. The molecule has 1 saturated heterocycles. The lowest BCUT2D eigenvalue weighted by Crippen LogP contribution is -2.38. The van der Waals surface area contributed by atoms with Gasteiger partial charge in [-0.2, -0.15) is 5.10 Å². The van der Waals surface area contributed by atoms with E-state index >= 15 is 0 Å². The van der Waals surface area contributed by atoms with E-state index in [0.717, 1.165) is 23.3 Å². The Morgan fingerprint density at radius 3 is 2.82 bits per heavy atom. The summed E-state index contributed by atoms with van der Waals surface area (Å²) in [6.45, 7) is 4.45. The van der Waals surface area contributed by atoms with E-state index in [0.29, 0.717) is 18.8 Å². The van der Waals surface area contributed by atoms with Crippen LogP contribution in [0.25, 0.3) is 5.57 Å². The molecule has 2 aromatic rings. The van der Waals surface area contributed by atoms with Crippen molar-refractivity contribution in [1.82, 2.24) is 10.2 Å². The number of nitrogens with one attached hydrogen (secondary N) is 1. The highest BCUT2D eigenvalue weighted by atomic mass is 35.5. The standard InChI is InChI=1S/C22H23ClFN3O/c1-3-5-7-15(6-4-2)20-14-21(26-25-20)27-11-10-17(13-22(27)28)16-8-9-18(23)19(24)12-16/h3-9,12,14,17H,10-11,13H2,1-2H3,(H,25,26)/b5-3?,6-4-,15-7+. The van der Waals surface area contributed by atoms with Gasteiger partial charge in [0, 0.05) is 19.0 Å². The highest BCUT2D eigenvalue weighted by Crippen LogP contribution is 2.32. The number of aromatic amines is 1. The van der Waals surface area contributed by atoms with Crippen LogP contribution in [0.2, 0.25) is 5.02 Å². The molecule has 0 bridgehead atoms. The number of carbonyl (C=O) groups is 1. The SMILES string of the molecule is CC=C/C=C(\C=C/C)c1cc(N2CCC(c3ccc(Cl)c(F)c3)CC2=O)n[nH]1. The lowest BCUT2D eigenvalue weighted by molar-refractivity contribution is -0.120. The second kappa shape index (κ2) is 9.02. The van der Waals surface area contributed by atoms with Gasteiger partial charge in [-0.05, 0) is 49.5 Å². The third-order valence-electron chi connectivity index (χ3n) is 4.80. The lowest BCUT2D eigenvalue weighted by Gasteiger charge is -2.30. The van der Waals surface area contributed by atoms with Gasteiger partial charge in [0.2, 0.25) is 5.91 Å². The number of H-pyrrole nitrogens is 1. The summed E-state index contributed by atoms with van der Waals surface area (Å²) >= 11 is 5.76. The highest BCUT2D eigenvalue weighted by Gasteiger charge is 2.29. The molecule has 1 fully saturated rings. The summed E-state index contributed by atoms with van der Waals surface area (Å²) in [4.78, 5) is 14.4. The average molecular weight is 400 g/mol. The molecule has 1 atom stereocenters. The number of hydrogen-bond acceptors (Lipinski definition) is 2. The molecule has 3 rings (SSSR count). The molecule has 1 unspecified atom stereocenters. The number of rotatable bonds is 5. The molecule has 1 aromatic carbocycles. The molecule has 4 nitrogen and oxygen atoms in total. The minimum Gasteiger partial charge on any atom is -0.295 e. The molecule has 1 aliphatic heterocycles. The van der Waals surface area contributed by atoms with Gasteiger partial charge in [0.15, 0.2) is 5.82 Å². The van der Waals surface area contributed by atoms with Gasteiger partial charge in [0.1, 0.15) is 5.82 Å². The summed E-state index contributed by atoms with van der Waals surface area (Å²) in [6, 6.07) is 6.65. The van der Waals surface area contributed by atoms with E-state index in [1.165, 1.54) is 6.07 Å². The van der Waals surface area contributed by atoms with Gasteiger partial charge in [0.05, 0.1) is 10.7 Å². The third kappa shape index (κ3) is 4.42. The van der Waals surface area contributed by atoms with Crippen molar-refractivity contribution >= 4 is 28.9 Å². The molecule has 1 aliphatic rings. The van der Waals surface area contributed by atoms with Crippen LogP contribution in [0.3, 0.4) is 0 Å². The Kier molecular flexibility index (Phi) is 6.47. The fourth-order valence-corrected chi connectivity index (χ4v) is 3.46. The maximum Gasteiger partial charge on any atom is 0.228 e. The lowest BCUT2D eigenvalue weighted by atomic mass is 9.89. The molecule has 1 aromatic heterocycles. The first-order chi connectivity index (χ1) is 13.5. The van der Waals surface area contributed by atoms with Gasteiger partial charge in [0.25, 0.3) is 0 Å². The summed E-state index contributed by atoms with van der Waals surface area (Å²) in [5.41, 5.74) is 2.64. The number of piperidine rings is 1. The minimum absolute atomic E-state index is 0.0119. The van der Waals surface area contributed by atoms with Crippen LogP contribution in [0.4, 0.5) is 10.2 Å². The fraction of sp³-hybridized carbons (Fsp3) is 0.273. The van der Waals surface area contributed by atoms with Crippen LogP contribution in [-0.2, 0) is 4.79 Å². The van der Waals surface area contributed by atoms with Gasteiger partial charge in [-0.15, -0.1) is 0 Å². The van der Waals surface area contributed by atoms with E-state index in [4.69, 9.17) is 11.6 Å². The van der Waals surface area contributed by atoms with Gasteiger partial charge in [-0.1, -0.05) is 48.0 Å². The first-order valence-corrected chi connectivity index (χ1v) is 9.68. The predicted molar refractivity (Wildman–Crippen MR) is 112 cm³/mol. The Labute approximate surface area is 169 Å². The molecule has 0 spiro atoms. The molecular weight excluding hydrogens is 377 g/mol. The van der Waals surface area contributed by atoms with E-state index in [2.05, 4.69) is 10.2 Å². The normalized spacial score (nSPS) is 18.6. The Hall–Kier alpha value is -2.66. The minimum atomic E-state index is -0.449. The largest absolute Gasteiger partial charge is 0.295 e. The zero-order valence-electron chi connectivity index (χ0n) is 16.0. The van der Waals surface area contributed by atoms with Crippen molar-refractivity contribution in [3.05, 3.63) is 76.7 Å². The number of benzene rings is 1. The fourth-order valence-electron chi connectivity index (χ4n) is 3.34. The summed E-state index contributed by atoms with van der Waals surface area (Å²) < 4.78 is 13.7. The topological polar surface area (TPSA) is 49.0 Å². The molecule has 0 radical (unpaired) electrons. The smallest absolute Gasteiger partial charge is 0.228 e. The quantitative estimate of drug-likeness (QED) is 0.660. The Bertz CT molecular complexity index is 945. The van der Waals surface area contributed by atoms with E-state index < -0.39 is 5.82 Å². The Morgan fingerprint density at radius 2 is 2.14 bits per heavy atom. The Balaban J connectivity index is 1.75. The summed E-state index contributed by atoms with van der Waals surface area (Å²) in [6.07, 6.45) is 10.9. The van der Waals surface area contributed by atoms with Crippen molar-refractivity contribution < 1.29 is 9.18 Å². The van der Waals surface area contributed by atoms with Gasteiger partial charge in [-0.25, -0.2) is 4.39 Å². The van der Waals surface area contributed by atoms with Gasteiger partial charge < -0.3 is 0 Å². The van der Waals surface area contributed by atoms with Crippen molar-refractivity contribution in [3.8, 4) is 0 Å². The van der Waals surface area contributed by atoms with Crippen LogP contribution in [-0.4, -0.2) is 22.6 Å². The Morgan fingerprint density at radius 1 is 1.32 bits per heavy atom. The van der Waals surface area contributed by atoms with E-state index in [1.807, 2.05) is 50.3 Å². The summed E-state index contributed by atoms with van der Waals surface area (Å²) in [5, 5.41) is 7.44. The maximum atomic E-state index is 13.7. The number of allylic oxidation sites excluding steroid dienone is 6. The second-order valence-corrected chi connectivity index (χ2v) is 7.10. The number of amides is 1. The first kappa shape index (κ1) is 20.1. The first-order valence-electron chi connectivity index (χ1n) is 9.30. The molecule has 6 heteroatoms. The van der Waals surface area contributed by atoms with E-state index in [-0.39, 0.29) is 16.8 Å². The average Bonchev–Trinajstić information content (AvgIpc) is 3.17. The van der Waals surface area contributed by atoms with Crippen LogP contribution in [0.1, 0.15) is 43.9 Å². The number of nitrogens with zero attached hydrogens (tertiary/aromatic N) is 2. The third-order valence-corrected chi connectivity index (χ3v) is 5.11. The van der Waals surface area contributed by atoms with Crippen molar-refractivity contribution in [2.24, 2.45) is 0 Å². The zero-order valence-corrected chi connectivity index (χ0v) is 16.7. The number of aromatic nitrogens is 2. The zero-order chi connectivity index (χ0) is 20.1. The molecule has 2 heterocycles. The molecule has 28 heavy (non-hydrogen) atoms. The van der Waals surface area contributed by atoms with Crippen LogP contribution in [0, 0.1) is 5.82 Å². The predicted octanol–water partition coefficient (Wildman–Crippen LogP) is 5.65. The second-order valence-electron chi connectivity index (χ2n) is 6.70. The van der Waals surface area contributed by atoms with Gasteiger partial charge >= 0.3 is 0 Å². The van der Waals surface area contributed by atoms with Crippen LogP contribution < -0.4 is 4.90 Å². The van der Waals surface area contributed by atoms with Crippen LogP contribution in [0.15, 0.2) is 54.6 Å². The molecule has 0 aliphatic carbocycles. The van der Waals surface area contributed by atoms with Crippen LogP contribution >= 0.6 is 11.6 Å². The molecule has 1 amide bonds. The van der Waals surface area contributed by atoms with Gasteiger partial charge in [-0.3, -0.25) is 14.8 Å². The summed E-state index contributed by atoms with van der Waals surface area (Å²) in [5.74, 6) is 0.129. The maximum absolute atomic E-state index is 13.7. The van der Waals surface area contributed by atoms with Crippen LogP contribution in [0.5, 0.6) is 0 Å². The molecule has 146 valence electrons. The molecule has 0 saturated carbocycles. The number of halogens is 2. The van der Waals surface area contributed by atoms with Crippen molar-refractivity contribution in [1.29, 1.82) is 0 Å². The molecule has 1 N–H and O–H groups in total.